The number of nitrogens with one attached hydrogen (secondary N) is 1. The zero-order chi connectivity index (χ0) is 18.3. The van der Waals surface area contributed by atoms with Crippen LogP contribution in [-0.4, -0.2) is 26.8 Å². The molecule has 2 aromatic rings. The van der Waals surface area contributed by atoms with Gasteiger partial charge in [0, 0.05) is 13.1 Å². The minimum atomic E-state index is -3.26. The highest BCUT2D eigenvalue weighted by Gasteiger charge is 2.17. The van der Waals surface area contributed by atoms with Crippen LogP contribution in [-0.2, 0) is 21.1 Å². The maximum absolute atomic E-state index is 11.9. The van der Waals surface area contributed by atoms with Crippen molar-refractivity contribution in [2.75, 3.05) is 12.3 Å². The van der Waals surface area contributed by atoms with Crippen LogP contribution in [0.1, 0.15) is 24.2 Å². The summed E-state index contributed by atoms with van der Waals surface area (Å²) in [6.07, 6.45) is -1.22. The Morgan fingerprint density at radius 1 is 1.12 bits per heavy atom. The SMILES string of the molecule is CCS(=O)(=O)c1ccc(C(CN)OC(=O)NCc2ccccc2)cc1. The number of ether oxygens (including phenoxy) is 1. The van der Waals surface area contributed by atoms with E-state index in [1.807, 2.05) is 30.3 Å². The van der Waals surface area contributed by atoms with Gasteiger partial charge in [-0.15, -0.1) is 0 Å². The first kappa shape index (κ1) is 19.0. The highest BCUT2D eigenvalue weighted by molar-refractivity contribution is 7.91. The minimum absolute atomic E-state index is 0.0328. The normalized spacial score (nSPS) is 12.4. The molecule has 0 heterocycles. The van der Waals surface area contributed by atoms with E-state index in [4.69, 9.17) is 10.5 Å². The van der Waals surface area contributed by atoms with Crippen molar-refractivity contribution < 1.29 is 17.9 Å². The third-order valence-corrected chi connectivity index (χ3v) is 5.48. The number of carbonyl (C=O) groups excluding carboxylic acids is 1. The number of amides is 1. The number of rotatable bonds is 7. The van der Waals surface area contributed by atoms with Gasteiger partial charge in [-0.2, -0.15) is 0 Å². The van der Waals surface area contributed by atoms with Gasteiger partial charge in [0.1, 0.15) is 6.10 Å². The summed E-state index contributed by atoms with van der Waals surface area (Å²) in [5, 5.41) is 2.67. The second-order valence-corrected chi connectivity index (χ2v) is 7.72. The molecule has 0 bridgehead atoms. The topological polar surface area (TPSA) is 98.5 Å². The van der Waals surface area contributed by atoms with Crippen molar-refractivity contribution in [2.24, 2.45) is 5.73 Å². The Hall–Kier alpha value is -2.38. The number of nitrogens with two attached hydrogens (primary N) is 1. The molecular weight excluding hydrogens is 340 g/mol. The highest BCUT2D eigenvalue weighted by atomic mass is 32.2. The number of carbonyl (C=O) groups is 1. The quantitative estimate of drug-likeness (QED) is 0.788. The van der Waals surface area contributed by atoms with E-state index in [1.54, 1.807) is 19.1 Å². The van der Waals surface area contributed by atoms with Gasteiger partial charge in [-0.3, -0.25) is 0 Å². The molecule has 0 spiro atoms. The zero-order valence-corrected chi connectivity index (χ0v) is 14.8. The van der Waals surface area contributed by atoms with Gasteiger partial charge in [-0.1, -0.05) is 49.4 Å². The summed E-state index contributed by atoms with van der Waals surface area (Å²) in [5.74, 6) is 0.0328. The molecular formula is C18H22N2O4S. The number of alkyl carbamates (subject to hydrolysis) is 1. The van der Waals surface area contributed by atoms with Crippen LogP contribution in [0.4, 0.5) is 4.79 Å². The van der Waals surface area contributed by atoms with Crippen molar-refractivity contribution in [1.29, 1.82) is 0 Å². The molecule has 0 saturated carbocycles. The van der Waals surface area contributed by atoms with Crippen LogP contribution in [0.5, 0.6) is 0 Å². The maximum atomic E-state index is 11.9. The maximum Gasteiger partial charge on any atom is 0.408 e. The lowest BCUT2D eigenvalue weighted by Crippen LogP contribution is -2.28. The largest absolute Gasteiger partial charge is 0.440 e. The van der Waals surface area contributed by atoms with Crippen molar-refractivity contribution in [3.05, 3.63) is 65.7 Å². The average molecular weight is 362 g/mol. The number of sulfone groups is 1. The molecule has 1 unspecified atom stereocenters. The predicted molar refractivity (Wildman–Crippen MR) is 95.7 cm³/mol. The fourth-order valence-electron chi connectivity index (χ4n) is 2.25. The van der Waals surface area contributed by atoms with Gasteiger partial charge >= 0.3 is 6.09 Å². The molecule has 1 atom stereocenters. The van der Waals surface area contributed by atoms with Crippen LogP contribution in [0.15, 0.2) is 59.5 Å². The van der Waals surface area contributed by atoms with Crippen LogP contribution in [0.3, 0.4) is 0 Å². The Morgan fingerprint density at radius 2 is 1.76 bits per heavy atom. The summed E-state index contributed by atoms with van der Waals surface area (Å²) >= 11 is 0. The lowest BCUT2D eigenvalue weighted by Gasteiger charge is -2.17. The molecule has 1 amide bonds. The Kier molecular flexibility index (Phi) is 6.55. The second kappa shape index (κ2) is 8.64. The van der Waals surface area contributed by atoms with Crippen molar-refractivity contribution in [1.82, 2.24) is 5.32 Å². The fourth-order valence-corrected chi connectivity index (χ4v) is 3.13. The first-order valence-electron chi connectivity index (χ1n) is 7.97. The number of hydrogen-bond donors (Lipinski definition) is 2. The lowest BCUT2D eigenvalue weighted by atomic mass is 10.1. The molecule has 0 aromatic heterocycles. The molecule has 0 saturated heterocycles. The summed E-state index contributed by atoms with van der Waals surface area (Å²) in [7, 11) is -3.26. The van der Waals surface area contributed by atoms with Crippen LogP contribution < -0.4 is 11.1 Å². The van der Waals surface area contributed by atoms with Crippen LogP contribution in [0, 0.1) is 0 Å². The highest BCUT2D eigenvalue weighted by Crippen LogP contribution is 2.19. The minimum Gasteiger partial charge on any atom is -0.440 e. The van der Waals surface area contributed by atoms with Crippen molar-refractivity contribution in [3.63, 3.8) is 0 Å². The van der Waals surface area contributed by atoms with E-state index in [0.717, 1.165) is 5.56 Å². The molecule has 0 aliphatic rings. The summed E-state index contributed by atoms with van der Waals surface area (Å²) in [6.45, 7) is 2.04. The molecule has 134 valence electrons. The third-order valence-electron chi connectivity index (χ3n) is 3.73. The fraction of sp³-hybridized carbons (Fsp3) is 0.278. The van der Waals surface area contributed by atoms with E-state index in [0.29, 0.717) is 12.1 Å². The molecule has 3 N–H and O–H groups in total. The van der Waals surface area contributed by atoms with E-state index >= 15 is 0 Å². The second-order valence-electron chi connectivity index (χ2n) is 5.44. The number of benzene rings is 2. The van der Waals surface area contributed by atoms with Gasteiger partial charge < -0.3 is 15.8 Å². The van der Waals surface area contributed by atoms with Gasteiger partial charge in [0.2, 0.25) is 0 Å². The molecule has 0 radical (unpaired) electrons. The smallest absolute Gasteiger partial charge is 0.408 e. The van der Waals surface area contributed by atoms with E-state index < -0.39 is 22.0 Å². The summed E-state index contributed by atoms with van der Waals surface area (Å²) in [4.78, 5) is 12.2. The Balaban J connectivity index is 1.98. The monoisotopic (exact) mass is 362 g/mol. The van der Waals surface area contributed by atoms with Crippen molar-refractivity contribution in [2.45, 2.75) is 24.5 Å². The molecule has 2 rings (SSSR count). The van der Waals surface area contributed by atoms with Gasteiger partial charge in [0.25, 0.3) is 0 Å². The number of hydrogen-bond acceptors (Lipinski definition) is 5. The van der Waals surface area contributed by atoms with Gasteiger partial charge in [-0.05, 0) is 23.3 Å². The molecule has 0 aliphatic carbocycles. The summed E-state index contributed by atoms with van der Waals surface area (Å²) < 4.78 is 29.0. The molecule has 7 heteroatoms. The molecule has 2 aromatic carbocycles. The summed E-state index contributed by atoms with van der Waals surface area (Å²) in [5.41, 5.74) is 7.29. The van der Waals surface area contributed by atoms with Crippen LogP contribution >= 0.6 is 0 Å². The van der Waals surface area contributed by atoms with Crippen molar-refractivity contribution >= 4 is 15.9 Å². The van der Waals surface area contributed by atoms with E-state index in [9.17, 15) is 13.2 Å². The molecule has 0 aliphatic heterocycles. The Labute approximate surface area is 147 Å². The Bertz CT molecular complexity index is 790. The first-order valence-corrected chi connectivity index (χ1v) is 9.62. The van der Waals surface area contributed by atoms with Crippen LogP contribution in [0.2, 0.25) is 0 Å². The van der Waals surface area contributed by atoms with Gasteiger partial charge in [0.05, 0.1) is 10.6 Å². The average Bonchev–Trinajstić information content (AvgIpc) is 2.65. The van der Waals surface area contributed by atoms with E-state index in [2.05, 4.69) is 5.32 Å². The molecule has 0 fully saturated rings. The van der Waals surface area contributed by atoms with Gasteiger partial charge in [0.15, 0.2) is 9.84 Å². The van der Waals surface area contributed by atoms with E-state index in [1.165, 1.54) is 12.1 Å². The first-order chi connectivity index (χ1) is 12.0. The Morgan fingerprint density at radius 3 is 2.32 bits per heavy atom. The molecule has 25 heavy (non-hydrogen) atoms. The standard InChI is InChI=1S/C18H22N2O4S/c1-2-25(22,23)16-10-8-15(9-11-16)17(12-19)24-18(21)20-13-14-6-4-3-5-7-14/h3-11,17H,2,12-13,19H2,1H3,(H,20,21). The zero-order valence-electron chi connectivity index (χ0n) is 14.0. The summed E-state index contributed by atoms with van der Waals surface area (Å²) in [6, 6.07) is 15.7. The lowest BCUT2D eigenvalue weighted by molar-refractivity contribution is 0.101. The molecule has 6 nitrogen and oxygen atoms in total. The third kappa shape index (κ3) is 5.30. The van der Waals surface area contributed by atoms with Crippen molar-refractivity contribution in [3.8, 4) is 0 Å². The van der Waals surface area contributed by atoms with Gasteiger partial charge in [-0.25, -0.2) is 13.2 Å². The predicted octanol–water partition coefficient (Wildman–Crippen LogP) is 2.41. The van der Waals surface area contributed by atoms with Crippen LogP contribution in [0.25, 0.3) is 0 Å². The van der Waals surface area contributed by atoms with E-state index in [-0.39, 0.29) is 17.2 Å².